The number of halogens is 5. The van der Waals surface area contributed by atoms with Gasteiger partial charge in [0.1, 0.15) is 0 Å². The minimum absolute atomic E-state index is 0.307. The summed E-state index contributed by atoms with van der Waals surface area (Å²) in [5.41, 5.74) is 0. The molecule has 1 fully saturated rings. The molecule has 0 aliphatic carbocycles. The highest BCUT2D eigenvalue weighted by Crippen LogP contribution is 2.45. The third-order valence-electron chi connectivity index (χ3n) is 1.30. The zero-order chi connectivity index (χ0) is 8.70. The number of rotatable bonds is 3. The van der Waals surface area contributed by atoms with Crippen molar-refractivity contribution >= 4 is 27.5 Å². The molecule has 0 amide bonds. The predicted octanol–water partition coefficient (Wildman–Crippen LogP) is 2.67. The van der Waals surface area contributed by atoms with Crippen molar-refractivity contribution in [3.05, 3.63) is 0 Å². The van der Waals surface area contributed by atoms with E-state index in [-0.39, 0.29) is 0 Å². The van der Waals surface area contributed by atoms with Crippen LogP contribution >= 0.6 is 27.5 Å². The zero-order valence-corrected chi connectivity index (χ0v) is 7.63. The van der Waals surface area contributed by atoms with Crippen LogP contribution in [0.2, 0.25) is 0 Å². The third kappa shape index (κ3) is 2.49. The molecule has 0 bridgehead atoms. The minimum Gasteiger partial charge on any atom is -0.373 e. The molecule has 6 heteroatoms. The van der Waals surface area contributed by atoms with Gasteiger partial charge in [0.15, 0.2) is 0 Å². The fraction of sp³-hybridized carbons (Fsp3) is 1.00. The highest BCUT2D eigenvalue weighted by Gasteiger charge is 2.54. The summed E-state index contributed by atoms with van der Waals surface area (Å²) < 4.78 is 41.8. The third-order valence-corrected chi connectivity index (χ3v) is 2.55. The lowest BCUT2D eigenvalue weighted by molar-refractivity contribution is -0.0130. The Bertz CT molecular complexity index is 154. The molecule has 1 saturated heterocycles. The van der Waals surface area contributed by atoms with E-state index in [1.165, 1.54) is 0 Å². The number of ether oxygens (including phenoxy) is 1. The van der Waals surface area contributed by atoms with Gasteiger partial charge >= 0.3 is 4.83 Å². The Hall–Kier alpha value is 0.520. The van der Waals surface area contributed by atoms with Crippen molar-refractivity contribution in [1.29, 1.82) is 0 Å². The summed E-state index contributed by atoms with van der Waals surface area (Å²) in [5, 5.41) is -3.05. The number of hydrogen-bond donors (Lipinski definition) is 0. The van der Waals surface area contributed by atoms with Crippen molar-refractivity contribution in [2.45, 2.75) is 22.5 Å². The Morgan fingerprint density at radius 2 is 2.00 bits per heavy atom. The molecule has 1 aliphatic rings. The van der Waals surface area contributed by atoms with Crippen LogP contribution in [0.1, 0.15) is 6.42 Å². The largest absolute Gasteiger partial charge is 0.373 e. The second kappa shape index (κ2) is 2.78. The average Bonchev–Trinajstić information content (AvgIpc) is 2.45. The molecular formula is C5H5BrClF3O. The van der Waals surface area contributed by atoms with Gasteiger partial charge in [-0.1, -0.05) is 11.6 Å². The molecule has 0 radical (unpaired) electrons. The predicted molar refractivity (Wildman–Crippen MR) is 37.9 cm³/mol. The fourth-order valence-electron chi connectivity index (χ4n) is 0.588. The molecule has 0 spiro atoms. The van der Waals surface area contributed by atoms with Crippen molar-refractivity contribution in [2.24, 2.45) is 0 Å². The summed E-state index contributed by atoms with van der Waals surface area (Å²) in [7, 11) is 0. The molecule has 1 rings (SSSR count). The van der Waals surface area contributed by atoms with E-state index >= 15 is 0 Å². The second-order valence-corrected chi connectivity index (χ2v) is 3.96. The van der Waals surface area contributed by atoms with Gasteiger partial charge in [-0.3, -0.25) is 0 Å². The van der Waals surface area contributed by atoms with E-state index in [9.17, 15) is 13.2 Å². The Morgan fingerprint density at radius 3 is 2.27 bits per heavy atom. The van der Waals surface area contributed by atoms with Crippen molar-refractivity contribution in [3.8, 4) is 0 Å². The first-order valence-electron chi connectivity index (χ1n) is 2.89. The molecule has 2 unspecified atom stereocenters. The first-order valence-corrected chi connectivity index (χ1v) is 4.06. The number of epoxide rings is 1. The zero-order valence-electron chi connectivity index (χ0n) is 5.29. The molecular weight excluding hydrogens is 248 g/mol. The molecule has 0 aromatic rings. The van der Waals surface area contributed by atoms with E-state index in [0.717, 1.165) is 0 Å². The lowest BCUT2D eigenvalue weighted by atomic mass is 10.2. The summed E-state index contributed by atoms with van der Waals surface area (Å²) >= 11 is 6.76. The van der Waals surface area contributed by atoms with Gasteiger partial charge in [0, 0.05) is 6.42 Å². The maximum absolute atomic E-state index is 12.8. The van der Waals surface area contributed by atoms with Crippen LogP contribution in [0.4, 0.5) is 13.2 Å². The highest BCUT2D eigenvalue weighted by atomic mass is 79.9. The maximum Gasteiger partial charge on any atom is 0.348 e. The summed E-state index contributed by atoms with van der Waals surface area (Å²) in [6.45, 7) is 0.307. The van der Waals surface area contributed by atoms with Crippen LogP contribution in [0, 0.1) is 0 Å². The monoisotopic (exact) mass is 252 g/mol. The molecule has 2 atom stereocenters. The van der Waals surface area contributed by atoms with Gasteiger partial charge in [-0.25, -0.2) is 4.39 Å². The van der Waals surface area contributed by atoms with E-state index in [1.807, 2.05) is 15.9 Å². The molecule has 0 N–H and O–H groups in total. The Labute approximate surface area is 75.0 Å². The summed E-state index contributed by atoms with van der Waals surface area (Å²) in [6.07, 6.45) is -0.951. The molecule has 1 aliphatic heterocycles. The van der Waals surface area contributed by atoms with Gasteiger partial charge in [-0.2, -0.15) is 8.78 Å². The average molecular weight is 253 g/mol. The molecule has 11 heavy (non-hydrogen) atoms. The lowest BCUT2D eigenvalue weighted by Gasteiger charge is -2.21. The molecule has 0 aromatic heterocycles. The SMILES string of the molecule is FC(F)(Br)C(F)(Cl)CC1CO1. The van der Waals surface area contributed by atoms with Crippen LogP contribution in [-0.2, 0) is 4.74 Å². The van der Waals surface area contributed by atoms with Crippen LogP contribution in [0.25, 0.3) is 0 Å². The van der Waals surface area contributed by atoms with E-state index in [0.29, 0.717) is 6.61 Å². The maximum atomic E-state index is 12.8. The van der Waals surface area contributed by atoms with Crippen molar-refractivity contribution in [3.63, 3.8) is 0 Å². The van der Waals surface area contributed by atoms with Crippen molar-refractivity contribution in [2.75, 3.05) is 6.61 Å². The smallest absolute Gasteiger partial charge is 0.348 e. The van der Waals surface area contributed by atoms with Crippen molar-refractivity contribution in [1.82, 2.24) is 0 Å². The second-order valence-electron chi connectivity index (χ2n) is 2.36. The Kier molecular flexibility index (Phi) is 2.43. The van der Waals surface area contributed by atoms with Gasteiger partial charge in [-0.15, -0.1) is 0 Å². The normalized spacial score (nSPS) is 29.7. The minimum atomic E-state index is -3.70. The van der Waals surface area contributed by atoms with E-state index < -0.39 is 22.5 Å². The molecule has 1 heterocycles. The van der Waals surface area contributed by atoms with Crippen LogP contribution in [-0.4, -0.2) is 22.7 Å². The molecule has 0 aromatic carbocycles. The van der Waals surface area contributed by atoms with Crippen molar-refractivity contribution < 1.29 is 17.9 Å². The van der Waals surface area contributed by atoms with Gasteiger partial charge in [0.25, 0.3) is 5.13 Å². The Morgan fingerprint density at radius 1 is 1.55 bits per heavy atom. The molecule has 1 nitrogen and oxygen atoms in total. The molecule has 0 saturated carbocycles. The fourth-order valence-corrected chi connectivity index (χ4v) is 0.922. The first-order chi connectivity index (χ1) is 4.83. The number of alkyl halides is 5. The summed E-state index contributed by atoms with van der Waals surface area (Å²) in [6, 6.07) is 0. The molecule has 66 valence electrons. The van der Waals surface area contributed by atoms with Gasteiger partial charge < -0.3 is 4.74 Å². The quantitative estimate of drug-likeness (QED) is 0.556. The van der Waals surface area contributed by atoms with E-state index in [2.05, 4.69) is 4.74 Å². The standard InChI is InChI=1S/C5H5BrClF3O/c6-5(9,10)4(7,8)1-3-2-11-3/h3H,1-2H2. The van der Waals surface area contributed by atoms with E-state index in [1.54, 1.807) is 0 Å². The van der Waals surface area contributed by atoms with Crippen LogP contribution in [0.3, 0.4) is 0 Å². The van der Waals surface area contributed by atoms with E-state index in [4.69, 9.17) is 11.6 Å². The van der Waals surface area contributed by atoms with Crippen LogP contribution < -0.4 is 0 Å². The van der Waals surface area contributed by atoms with Crippen LogP contribution in [0.15, 0.2) is 0 Å². The van der Waals surface area contributed by atoms with Gasteiger partial charge in [-0.05, 0) is 15.9 Å². The van der Waals surface area contributed by atoms with Gasteiger partial charge in [0.2, 0.25) is 0 Å². The topological polar surface area (TPSA) is 12.5 Å². The number of hydrogen-bond acceptors (Lipinski definition) is 1. The van der Waals surface area contributed by atoms with Gasteiger partial charge in [0.05, 0.1) is 12.7 Å². The summed E-state index contributed by atoms with van der Waals surface area (Å²) in [5.74, 6) is 0. The highest BCUT2D eigenvalue weighted by molar-refractivity contribution is 9.10. The lowest BCUT2D eigenvalue weighted by Crippen LogP contribution is -2.35. The Balaban J connectivity index is 2.49. The summed E-state index contributed by atoms with van der Waals surface area (Å²) in [4.78, 5) is -3.70. The first kappa shape index (κ1) is 9.61. The van der Waals surface area contributed by atoms with Crippen LogP contribution in [0.5, 0.6) is 0 Å².